The van der Waals surface area contributed by atoms with Crippen molar-refractivity contribution in [2.45, 2.75) is 26.9 Å². The van der Waals surface area contributed by atoms with Crippen LogP contribution >= 0.6 is 11.3 Å². The van der Waals surface area contributed by atoms with Gasteiger partial charge in [-0.25, -0.2) is 9.36 Å². The quantitative estimate of drug-likeness (QED) is 0.490. The van der Waals surface area contributed by atoms with Crippen LogP contribution in [0.3, 0.4) is 0 Å². The Morgan fingerprint density at radius 3 is 2.53 bits per heavy atom. The number of aromatic nitrogens is 2. The Kier molecular flexibility index (Phi) is 5.96. The number of hydrogen-bond donors (Lipinski definition) is 1. The topological polar surface area (TPSA) is 82.3 Å². The third-order valence-electron chi connectivity index (χ3n) is 5.52. The van der Waals surface area contributed by atoms with Crippen molar-refractivity contribution in [3.63, 3.8) is 0 Å². The van der Waals surface area contributed by atoms with Gasteiger partial charge < -0.3 is 10.1 Å². The molecule has 0 unspecified atom stereocenters. The highest BCUT2D eigenvalue weighted by atomic mass is 32.1. The smallest absolute Gasteiger partial charge is 0.336 e. The van der Waals surface area contributed by atoms with E-state index in [1.807, 2.05) is 50.2 Å². The lowest BCUT2D eigenvalue weighted by atomic mass is 10.1. The van der Waals surface area contributed by atoms with E-state index in [0.29, 0.717) is 22.4 Å². The van der Waals surface area contributed by atoms with Gasteiger partial charge in [-0.05, 0) is 60.2 Å². The molecule has 4 aromatic rings. The third kappa shape index (κ3) is 3.97. The van der Waals surface area contributed by atoms with Gasteiger partial charge >= 0.3 is 5.69 Å². The molecule has 0 atom stereocenters. The Balaban J connectivity index is 1.68. The summed E-state index contributed by atoms with van der Waals surface area (Å²) >= 11 is 1.26. The van der Waals surface area contributed by atoms with E-state index in [4.69, 9.17) is 4.74 Å². The van der Waals surface area contributed by atoms with Crippen molar-refractivity contribution in [1.82, 2.24) is 14.5 Å². The molecule has 7 nitrogen and oxygen atoms in total. The Bertz CT molecular complexity index is 1410. The lowest BCUT2D eigenvalue weighted by Gasteiger charge is -2.15. The number of carbonyl (C=O) groups excluding carboxylic acids is 1. The summed E-state index contributed by atoms with van der Waals surface area (Å²) in [5.41, 5.74) is 2.82. The Hall–Kier alpha value is -3.65. The van der Waals surface area contributed by atoms with Gasteiger partial charge in [0, 0.05) is 6.54 Å². The van der Waals surface area contributed by atoms with Gasteiger partial charge in [0.2, 0.25) is 5.91 Å². The zero-order chi connectivity index (χ0) is 22.8. The highest BCUT2D eigenvalue weighted by Gasteiger charge is 2.18. The monoisotopic (exact) mass is 449 g/mol. The molecule has 0 aliphatic heterocycles. The molecule has 0 aliphatic rings. The van der Waals surface area contributed by atoms with Crippen molar-refractivity contribution in [3.8, 4) is 11.4 Å². The fourth-order valence-electron chi connectivity index (χ4n) is 3.57. The second kappa shape index (κ2) is 8.84. The van der Waals surface area contributed by atoms with Crippen molar-refractivity contribution in [2.24, 2.45) is 0 Å². The first-order chi connectivity index (χ1) is 15.4. The molecule has 0 spiro atoms. The lowest BCUT2D eigenvalue weighted by Crippen LogP contribution is -2.41. The second-order valence-electron chi connectivity index (χ2n) is 7.49. The number of carbonyl (C=O) groups is 1. The molecule has 0 saturated heterocycles. The first kappa shape index (κ1) is 21.6. The molecule has 8 heteroatoms. The average molecular weight is 450 g/mol. The number of rotatable bonds is 6. The molecule has 32 heavy (non-hydrogen) atoms. The maximum atomic E-state index is 13.4. The minimum atomic E-state index is -0.533. The Morgan fingerprint density at radius 1 is 1.06 bits per heavy atom. The largest absolute Gasteiger partial charge is 0.497 e. The van der Waals surface area contributed by atoms with Gasteiger partial charge in [0.1, 0.15) is 17.0 Å². The van der Waals surface area contributed by atoms with E-state index in [1.165, 1.54) is 15.9 Å². The predicted molar refractivity (Wildman–Crippen MR) is 126 cm³/mol. The van der Waals surface area contributed by atoms with Crippen LogP contribution in [0.5, 0.6) is 5.75 Å². The van der Waals surface area contributed by atoms with E-state index in [0.717, 1.165) is 27.0 Å². The summed E-state index contributed by atoms with van der Waals surface area (Å²) in [5, 5.41) is 4.59. The normalized spacial score (nSPS) is 11.0. The number of thiophene rings is 1. The maximum absolute atomic E-state index is 13.4. The zero-order valence-electron chi connectivity index (χ0n) is 18.0. The van der Waals surface area contributed by atoms with Crippen LogP contribution in [-0.4, -0.2) is 22.2 Å². The van der Waals surface area contributed by atoms with E-state index in [1.54, 1.807) is 24.6 Å². The molecule has 164 valence electrons. The second-order valence-corrected chi connectivity index (χ2v) is 8.40. The van der Waals surface area contributed by atoms with Crippen LogP contribution in [0, 0.1) is 13.8 Å². The van der Waals surface area contributed by atoms with Gasteiger partial charge in [-0.1, -0.05) is 24.3 Å². The van der Waals surface area contributed by atoms with Gasteiger partial charge in [-0.3, -0.25) is 14.2 Å². The molecule has 2 aromatic heterocycles. The van der Waals surface area contributed by atoms with E-state index in [9.17, 15) is 14.4 Å². The molecule has 0 bridgehead atoms. The van der Waals surface area contributed by atoms with Crippen LogP contribution in [-0.2, 0) is 17.9 Å². The molecule has 0 aliphatic carbocycles. The summed E-state index contributed by atoms with van der Waals surface area (Å²) < 4.78 is 8.10. The Labute approximate surface area is 188 Å². The number of nitrogens with zero attached hydrogens (tertiary/aromatic N) is 2. The van der Waals surface area contributed by atoms with Gasteiger partial charge in [-0.2, -0.15) is 0 Å². The molecular formula is C24H23N3O4S. The van der Waals surface area contributed by atoms with Gasteiger partial charge in [0.15, 0.2) is 0 Å². The summed E-state index contributed by atoms with van der Waals surface area (Å²) in [5.74, 6) is 0.418. The van der Waals surface area contributed by atoms with E-state index >= 15 is 0 Å². The molecule has 2 heterocycles. The number of amides is 1. The van der Waals surface area contributed by atoms with Crippen LogP contribution < -0.4 is 21.3 Å². The first-order valence-electron chi connectivity index (χ1n) is 10.1. The van der Waals surface area contributed by atoms with E-state index in [2.05, 4.69) is 5.32 Å². The van der Waals surface area contributed by atoms with Crippen molar-refractivity contribution >= 4 is 27.5 Å². The fourth-order valence-corrected chi connectivity index (χ4v) is 4.40. The highest BCUT2D eigenvalue weighted by Crippen LogP contribution is 2.19. The van der Waals surface area contributed by atoms with E-state index in [-0.39, 0.29) is 18.0 Å². The van der Waals surface area contributed by atoms with Crippen molar-refractivity contribution in [1.29, 1.82) is 0 Å². The van der Waals surface area contributed by atoms with Crippen LogP contribution in [0.1, 0.15) is 16.7 Å². The average Bonchev–Trinajstić information content (AvgIpc) is 3.28. The van der Waals surface area contributed by atoms with Crippen molar-refractivity contribution in [3.05, 3.63) is 91.4 Å². The first-order valence-corrected chi connectivity index (χ1v) is 11.0. The number of methoxy groups -OCH3 is 1. The third-order valence-corrected chi connectivity index (χ3v) is 6.41. The van der Waals surface area contributed by atoms with Crippen molar-refractivity contribution < 1.29 is 9.53 Å². The lowest BCUT2D eigenvalue weighted by molar-refractivity contribution is -0.121. The number of fused-ring (bicyclic) bond motifs is 1. The van der Waals surface area contributed by atoms with Gasteiger partial charge in [0.05, 0.1) is 18.3 Å². The molecule has 4 rings (SSSR count). The number of benzene rings is 2. The molecule has 0 fully saturated rings. The number of aryl methyl sites for hydroxylation is 1. The number of nitrogens with one attached hydrogen (secondary N) is 1. The van der Waals surface area contributed by atoms with E-state index < -0.39 is 5.69 Å². The predicted octanol–water partition coefficient (Wildman–Crippen LogP) is 3.16. The summed E-state index contributed by atoms with van der Waals surface area (Å²) in [6, 6.07) is 14.6. The summed E-state index contributed by atoms with van der Waals surface area (Å²) in [6.45, 7) is 3.94. The van der Waals surface area contributed by atoms with Crippen LogP contribution in [0.15, 0.2) is 63.5 Å². The van der Waals surface area contributed by atoms with Crippen LogP contribution in [0.2, 0.25) is 0 Å². The maximum Gasteiger partial charge on any atom is 0.336 e. The van der Waals surface area contributed by atoms with Gasteiger partial charge in [-0.15, -0.1) is 11.3 Å². The molecular weight excluding hydrogens is 426 g/mol. The standard InChI is InChI=1S/C24H23N3O4S/c1-15-5-4-6-19(16(15)2)27-23(29)22-20(11-12-32-22)26(24(27)30)14-21(28)25-13-17-7-9-18(31-3)10-8-17/h4-12H,13-14H2,1-3H3,(H,25,28). The number of ether oxygens (including phenoxy) is 1. The van der Waals surface area contributed by atoms with Crippen LogP contribution in [0.25, 0.3) is 15.9 Å². The minimum Gasteiger partial charge on any atom is -0.497 e. The summed E-state index contributed by atoms with van der Waals surface area (Å²) in [6.07, 6.45) is 0. The molecule has 0 radical (unpaired) electrons. The number of hydrogen-bond acceptors (Lipinski definition) is 5. The fraction of sp³-hybridized carbons (Fsp3) is 0.208. The molecule has 1 N–H and O–H groups in total. The minimum absolute atomic E-state index is 0.187. The van der Waals surface area contributed by atoms with Gasteiger partial charge in [0.25, 0.3) is 5.56 Å². The molecule has 2 aromatic carbocycles. The molecule has 0 saturated carbocycles. The zero-order valence-corrected chi connectivity index (χ0v) is 18.9. The SMILES string of the molecule is COc1ccc(CNC(=O)Cn2c(=O)n(-c3cccc(C)c3C)c(=O)c3sccc32)cc1. The Morgan fingerprint density at radius 2 is 1.81 bits per heavy atom. The molecule has 1 amide bonds. The summed E-state index contributed by atoms with van der Waals surface area (Å²) in [7, 11) is 1.59. The highest BCUT2D eigenvalue weighted by molar-refractivity contribution is 7.17. The summed E-state index contributed by atoms with van der Waals surface area (Å²) in [4.78, 5) is 39.2. The van der Waals surface area contributed by atoms with Crippen molar-refractivity contribution in [2.75, 3.05) is 7.11 Å². The van der Waals surface area contributed by atoms with Crippen LogP contribution in [0.4, 0.5) is 0 Å².